The SMILES string of the molecule is CCCCN(CCC(=O)NCCSC)CCC(=O)NCCSSCCNC(=O)CCN(CCN)CCC(=O)NCCSC. The van der Waals surface area contributed by atoms with Gasteiger partial charge in [-0.2, -0.15) is 23.5 Å². The van der Waals surface area contributed by atoms with Crippen LogP contribution in [0.2, 0.25) is 0 Å². The molecular weight excluding hydrogens is 627 g/mol. The minimum absolute atomic E-state index is 0.00601. The van der Waals surface area contributed by atoms with Crippen molar-refractivity contribution in [2.75, 3.05) is 108 Å². The molecule has 0 saturated carbocycles. The minimum atomic E-state index is -0.00601. The number of nitrogens with two attached hydrogens (primary N) is 1. The zero-order valence-electron chi connectivity index (χ0n) is 26.6. The van der Waals surface area contributed by atoms with Gasteiger partial charge in [0.25, 0.3) is 0 Å². The second-order valence-electron chi connectivity index (χ2n) is 9.85. The van der Waals surface area contributed by atoms with Gasteiger partial charge < -0.3 is 36.8 Å². The van der Waals surface area contributed by atoms with Crippen LogP contribution in [0.5, 0.6) is 0 Å². The Bertz CT molecular complexity index is 741. The molecule has 0 heterocycles. The van der Waals surface area contributed by atoms with Gasteiger partial charge in [0.15, 0.2) is 0 Å². The van der Waals surface area contributed by atoms with Crippen LogP contribution >= 0.6 is 45.1 Å². The van der Waals surface area contributed by atoms with Crippen LogP contribution < -0.4 is 27.0 Å². The van der Waals surface area contributed by atoms with E-state index in [4.69, 9.17) is 5.73 Å². The maximum atomic E-state index is 12.3. The highest BCUT2D eigenvalue weighted by molar-refractivity contribution is 8.76. The van der Waals surface area contributed by atoms with Gasteiger partial charge in [0.05, 0.1) is 0 Å². The van der Waals surface area contributed by atoms with Crippen molar-refractivity contribution < 1.29 is 19.2 Å². The molecule has 4 amide bonds. The minimum Gasteiger partial charge on any atom is -0.355 e. The predicted molar refractivity (Wildman–Crippen MR) is 189 cm³/mol. The molecule has 0 aliphatic rings. The summed E-state index contributed by atoms with van der Waals surface area (Å²) in [7, 11) is 3.35. The number of carbonyl (C=O) groups excluding carboxylic acids is 4. The Labute approximate surface area is 276 Å². The first-order valence-electron chi connectivity index (χ1n) is 15.3. The molecule has 6 N–H and O–H groups in total. The number of rotatable bonds is 30. The number of hydrogen-bond acceptors (Lipinski definition) is 11. The molecule has 0 atom stereocenters. The van der Waals surface area contributed by atoms with Crippen molar-refractivity contribution in [3.05, 3.63) is 0 Å². The predicted octanol–water partition coefficient (Wildman–Crippen LogP) is 1.48. The number of amides is 4. The molecule has 0 aliphatic carbocycles. The number of carbonyl (C=O) groups is 4. The third kappa shape index (κ3) is 28.4. The second-order valence-corrected chi connectivity index (χ2v) is 14.5. The first-order valence-corrected chi connectivity index (χ1v) is 20.6. The zero-order valence-corrected chi connectivity index (χ0v) is 29.9. The molecule has 43 heavy (non-hydrogen) atoms. The Morgan fingerprint density at radius 3 is 1.23 bits per heavy atom. The van der Waals surface area contributed by atoms with Crippen LogP contribution in [0, 0.1) is 0 Å². The summed E-state index contributed by atoms with van der Waals surface area (Å²) >= 11 is 3.40. The highest BCUT2D eigenvalue weighted by atomic mass is 33.1. The highest BCUT2D eigenvalue weighted by Crippen LogP contribution is 2.19. The van der Waals surface area contributed by atoms with Crippen molar-refractivity contribution in [3.63, 3.8) is 0 Å². The number of thioether (sulfide) groups is 2. The third-order valence-corrected chi connectivity index (χ3v) is 9.88. The highest BCUT2D eigenvalue weighted by Gasteiger charge is 2.12. The van der Waals surface area contributed by atoms with Gasteiger partial charge in [0, 0.05) is 114 Å². The summed E-state index contributed by atoms with van der Waals surface area (Å²) in [5.74, 6) is 3.50. The number of hydrogen-bond donors (Lipinski definition) is 5. The Kier molecular flexibility index (Phi) is 30.5. The van der Waals surface area contributed by atoms with E-state index in [1.54, 1.807) is 45.1 Å². The van der Waals surface area contributed by atoms with Crippen molar-refractivity contribution in [3.8, 4) is 0 Å². The van der Waals surface area contributed by atoms with Crippen LogP contribution in [0.1, 0.15) is 45.4 Å². The summed E-state index contributed by atoms with van der Waals surface area (Å²) in [6.45, 7) is 9.22. The van der Waals surface area contributed by atoms with E-state index in [-0.39, 0.29) is 23.6 Å². The molecule has 0 aromatic heterocycles. The van der Waals surface area contributed by atoms with Gasteiger partial charge in [-0.3, -0.25) is 19.2 Å². The fraction of sp³-hybridized carbons (Fsp3) is 0.857. The van der Waals surface area contributed by atoms with E-state index in [0.29, 0.717) is 91.1 Å². The molecule has 0 saturated heterocycles. The van der Waals surface area contributed by atoms with E-state index < -0.39 is 0 Å². The quantitative estimate of drug-likeness (QED) is 0.0554. The van der Waals surface area contributed by atoms with Gasteiger partial charge in [0.2, 0.25) is 23.6 Å². The van der Waals surface area contributed by atoms with Gasteiger partial charge in [-0.25, -0.2) is 0 Å². The third-order valence-electron chi connectivity index (χ3n) is 6.25. The van der Waals surface area contributed by atoms with Crippen LogP contribution in [-0.2, 0) is 19.2 Å². The monoisotopic (exact) mass is 683 g/mol. The molecule has 0 unspecified atom stereocenters. The summed E-state index contributed by atoms with van der Waals surface area (Å²) in [4.78, 5) is 52.7. The molecule has 0 spiro atoms. The Morgan fingerprint density at radius 2 is 0.907 bits per heavy atom. The van der Waals surface area contributed by atoms with Crippen LogP contribution in [0.4, 0.5) is 0 Å². The molecule has 0 aromatic carbocycles. The fourth-order valence-electron chi connectivity index (χ4n) is 3.79. The molecule has 0 fully saturated rings. The normalized spacial score (nSPS) is 11.1. The van der Waals surface area contributed by atoms with E-state index >= 15 is 0 Å². The number of unbranched alkanes of at least 4 members (excludes halogenated alkanes) is 1. The molecule has 15 heteroatoms. The first-order chi connectivity index (χ1) is 20.9. The van der Waals surface area contributed by atoms with Crippen LogP contribution in [0.25, 0.3) is 0 Å². The van der Waals surface area contributed by atoms with Crippen molar-refractivity contribution >= 4 is 68.7 Å². The maximum Gasteiger partial charge on any atom is 0.221 e. The van der Waals surface area contributed by atoms with E-state index in [1.165, 1.54) is 0 Å². The van der Waals surface area contributed by atoms with Crippen molar-refractivity contribution in [2.24, 2.45) is 5.73 Å². The summed E-state index contributed by atoms with van der Waals surface area (Å²) < 4.78 is 0. The number of nitrogens with zero attached hydrogens (tertiary/aromatic N) is 2. The lowest BCUT2D eigenvalue weighted by Crippen LogP contribution is -2.37. The molecule has 0 rings (SSSR count). The van der Waals surface area contributed by atoms with E-state index in [1.807, 2.05) is 12.5 Å². The van der Waals surface area contributed by atoms with Crippen molar-refractivity contribution in [2.45, 2.75) is 45.4 Å². The summed E-state index contributed by atoms with van der Waals surface area (Å²) in [6.07, 6.45) is 7.82. The lowest BCUT2D eigenvalue weighted by Gasteiger charge is -2.21. The molecule has 0 radical (unpaired) electrons. The Balaban J connectivity index is 3.94. The standard InChI is InChI=1S/C28H57N7O4S4/c1-4-5-15-34(16-6-25(36)30-11-21-40-2)17-7-27(38)32-13-23-42-43-24-14-33-28(39)9-19-35(20-10-29)18-8-26(37)31-12-22-41-3/h4-24,29H2,1-3H3,(H,30,36)(H,31,37)(H,32,38)(H,33,39). The summed E-state index contributed by atoms with van der Waals surface area (Å²) in [5, 5.41) is 11.8. The maximum absolute atomic E-state index is 12.3. The second kappa shape index (κ2) is 31.2. The van der Waals surface area contributed by atoms with Gasteiger partial charge in [-0.05, 0) is 25.5 Å². The first kappa shape index (κ1) is 42.2. The molecule has 252 valence electrons. The van der Waals surface area contributed by atoms with E-state index in [2.05, 4.69) is 38.0 Å². The van der Waals surface area contributed by atoms with Gasteiger partial charge in [-0.15, -0.1) is 0 Å². The van der Waals surface area contributed by atoms with E-state index in [0.717, 1.165) is 42.4 Å². The molecule has 0 aromatic rings. The van der Waals surface area contributed by atoms with Crippen molar-refractivity contribution in [1.29, 1.82) is 0 Å². The Hall–Kier alpha value is -0.840. The van der Waals surface area contributed by atoms with Crippen molar-refractivity contribution in [1.82, 2.24) is 31.1 Å². The van der Waals surface area contributed by atoms with Crippen LogP contribution in [0.3, 0.4) is 0 Å². The number of nitrogens with one attached hydrogen (secondary N) is 4. The smallest absolute Gasteiger partial charge is 0.221 e. The zero-order chi connectivity index (χ0) is 32.0. The summed E-state index contributed by atoms with van der Waals surface area (Å²) in [6, 6.07) is 0. The largest absolute Gasteiger partial charge is 0.355 e. The molecule has 0 aliphatic heterocycles. The van der Waals surface area contributed by atoms with Crippen LogP contribution in [0.15, 0.2) is 0 Å². The Morgan fingerprint density at radius 1 is 0.558 bits per heavy atom. The van der Waals surface area contributed by atoms with E-state index in [9.17, 15) is 19.2 Å². The molecular formula is C28H57N7O4S4. The lowest BCUT2D eigenvalue weighted by molar-refractivity contribution is -0.123. The topological polar surface area (TPSA) is 149 Å². The molecule has 11 nitrogen and oxygen atoms in total. The average Bonchev–Trinajstić information content (AvgIpc) is 2.99. The van der Waals surface area contributed by atoms with Crippen LogP contribution in [-0.4, -0.2) is 141 Å². The summed E-state index contributed by atoms with van der Waals surface area (Å²) in [5.41, 5.74) is 5.70. The molecule has 0 bridgehead atoms. The van der Waals surface area contributed by atoms with Gasteiger partial charge in [-0.1, -0.05) is 34.9 Å². The lowest BCUT2D eigenvalue weighted by atomic mass is 10.2. The van der Waals surface area contributed by atoms with Gasteiger partial charge in [0.1, 0.15) is 0 Å². The van der Waals surface area contributed by atoms with Gasteiger partial charge >= 0.3 is 0 Å². The average molecular weight is 684 g/mol. The fourth-order valence-corrected chi connectivity index (χ4v) is 6.22.